The van der Waals surface area contributed by atoms with Crippen molar-refractivity contribution >= 4 is 0 Å². The molecule has 3 aromatic carbocycles. The molecule has 0 aliphatic rings. The van der Waals surface area contributed by atoms with Crippen molar-refractivity contribution in [3.8, 4) is 17.1 Å². The van der Waals surface area contributed by atoms with E-state index in [0.29, 0.717) is 19.0 Å². The highest BCUT2D eigenvalue weighted by Gasteiger charge is 2.07. The summed E-state index contributed by atoms with van der Waals surface area (Å²) in [7, 11) is 0. The lowest BCUT2D eigenvalue weighted by Gasteiger charge is -2.07. The predicted octanol–water partition coefficient (Wildman–Crippen LogP) is 4.58. The van der Waals surface area contributed by atoms with Gasteiger partial charge in [0, 0.05) is 5.56 Å². The number of rotatable bonds is 6. The number of aromatic nitrogens is 4. The van der Waals surface area contributed by atoms with Gasteiger partial charge in [0.05, 0.1) is 6.54 Å². The summed E-state index contributed by atoms with van der Waals surface area (Å²) in [5, 5.41) is 12.8. The van der Waals surface area contributed by atoms with Gasteiger partial charge in [-0.05, 0) is 54.5 Å². The summed E-state index contributed by atoms with van der Waals surface area (Å²) in [4.78, 5) is 1.61. The fraction of sp³-hybridized carbons (Fsp3) is 0.174. The van der Waals surface area contributed by atoms with Gasteiger partial charge in [0.15, 0.2) is 0 Å². The highest BCUT2D eigenvalue weighted by molar-refractivity contribution is 5.55. The van der Waals surface area contributed by atoms with Gasteiger partial charge in [-0.3, -0.25) is 0 Å². The Hall–Kier alpha value is -3.47. The van der Waals surface area contributed by atoms with E-state index in [1.54, 1.807) is 4.80 Å². The lowest BCUT2D eigenvalue weighted by atomic mass is 10.1. The normalized spacial score (nSPS) is 10.8. The molecule has 0 aliphatic heterocycles. The third-order valence-electron chi connectivity index (χ3n) is 4.54. The maximum atomic E-state index is 5.85. The standard InChI is InChI=1S/C23H22N4O/c1-17-3-7-19(8-4-17)15-27-25-23(24-26-27)21-11-13-22(14-12-21)28-16-20-9-5-18(2)6-10-20/h3-14H,15-16H2,1-2H3. The Labute approximate surface area is 164 Å². The van der Waals surface area contributed by atoms with Crippen LogP contribution < -0.4 is 4.74 Å². The Morgan fingerprint density at radius 2 is 1.36 bits per heavy atom. The van der Waals surface area contributed by atoms with E-state index in [2.05, 4.69) is 77.8 Å². The summed E-state index contributed by atoms with van der Waals surface area (Å²) in [6, 6.07) is 24.5. The van der Waals surface area contributed by atoms with Crippen LogP contribution in [0.5, 0.6) is 5.75 Å². The second-order valence-corrected chi connectivity index (χ2v) is 6.93. The van der Waals surface area contributed by atoms with Gasteiger partial charge in [0.25, 0.3) is 0 Å². The Morgan fingerprint density at radius 3 is 2.00 bits per heavy atom. The molecule has 0 fully saturated rings. The molecule has 0 aliphatic carbocycles. The molecule has 0 saturated carbocycles. The van der Waals surface area contributed by atoms with E-state index in [-0.39, 0.29) is 0 Å². The van der Waals surface area contributed by atoms with Crippen LogP contribution in [0.4, 0.5) is 0 Å². The summed E-state index contributed by atoms with van der Waals surface area (Å²) in [5.74, 6) is 1.42. The number of ether oxygens (including phenoxy) is 1. The summed E-state index contributed by atoms with van der Waals surface area (Å²) in [6.07, 6.45) is 0. The average Bonchev–Trinajstić information content (AvgIpc) is 3.18. The molecule has 4 aromatic rings. The number of hydrogen-bond acceptors (Lipinski definition) is 4. The van der Waals surface area contributed by atoms with Crippen molar-refractivity contribution in [2.75, 3.05) is 0 Å². The second-order valence-electron chi connectivity index (χ2n) is 6.93. The molecule has 0 bridgehead atoms. The van der Waals surface area contributed by atoms with Crippen LogP contribution >= 0.6 is 0 Å². The zero-order valence-corrected chi connectivity index (χ0v) is 16.0. The number of tetrazole rings is 1. The van der Waals surface area contributed by atoms with E-state index in [4.69, 9.17) is 4.74 Å². The first-order chi connectivity index (χ1) is 13.7. The van der Waals surface area contributed by atoms with Crippen molar-refractivity contribution < 1.29 is 4.74 Å². The minimum atomic E-state index is 0.546. The van der Waals surface area contributed by atoms with Crippen LogP contribution in [0.15, 0.2) is 72.8 Å². The van der Waals surface area contributed by atoms with Gasteiger partial charge in [0.2, 0.25) is 5.82 Å². The van der Waals surface area contributed by atoms with E-state index in [0.717, 1.165) is 22.4 Å². The quantitative estimate of drug-likeness (QED) is 0.498. The minimum Gasteiger partial charge on any atom is -0.489 e. The summed E-state index contributed by atoms with van der Waals surface area (Å²) in [6.45, 7) is 5.30. The van der Waals surface area contributed by atoms with Crippen LogP contribution in [0.1, 0.15) is 22.3 Å². The van der Waals surface area contributed by atoms with Crippen molar-refractivity contribution in [2.45, 2.75) is 27.0 Å². The summed E-state index contributed by atoms with van der Waals surface area (Å²) >= 11 is 0. The lowest BCUT2D eigenvalue weighted by Crippen LogP contribution is -2.03. The Kier molecular flexibility index (Phi) is 5.15. The van der Waals surface area contributed by atoms with E-state index in [9.17, 15) is 0 Å². The van der Waals surface area contributed by atoms with Gasteiger partial charge in [-0.1, -0.05) is 59.7 Å². The maximum absolute atomic E-state index is 5.85. The van der Waals surface area contributed by atoms with E-state index >= 15 is 0 Å². The number of aryl methyl sites for hydroxylation is 2. The first-order valence-corrected chi connectivity index (χ1v) is 9.28. The van der Waals surface area contributed by atoms with Gasteiger partial charge in [-0.25, -0.2) is 0 Å². The molecule has 5 nitrogen and oxygen atoms in total. The molecular formula is C23H22N4O. The van der Waals surface area contributed by atoms with Gasteiger partial charge in [-0.15, -0.1) is 10.2 Å². The van der Waals surface area contributed by atoms with E-state index in [1.807, 2.05) is 24.3 Å². The molecule has 1 heterocycles. The van der Waals surface area contributed by atoms with Crippen molar-refractivity contribution in [2.24, 2.45) is 0 Å². The summed E-state index contributed by atoms with van der Waals surface area (Å²) < 4.78 is 5.85. The lowest BCUT2D eigenvalue weighted by molar-refractivity contribution is 0.306. The zero-order valence-electron chi connectivity index (χ0n) is 16.0. The first-order valence-electron chi connectivity index (χ1n) is 9.28. The van der Waals surface area contributed by atoms with E-state index in [1.165, 1.54) is 11.1 Å². The van der Waals surface area contributed by atoms with Gasteiger partial charge in [0.1, 0.15) is 12.4 Å². The zero-order chi connectivity index (χ0) is 19.3. The Bertz CT molecular complexity index is 1040. The molecule has 0 atom stereocenters. The molecule has 0 saturated heterocycles. The predicted molar refractivity (Wildman–Crippen MR) is 109 cm³/mol. The molecular weight excluding hydrogens is 348 g/mol. The fourth-order valence-corrected chi connectivity index (χ4v) is 2.83. The van der Waals surface area contributed by atoms with Gasteiger partial charge in [-0.2, -0.15) is 4.80 Å². The molecule has 0 radical (unpaired) electrons. The maximum Gasteiger partial charge on any atom is 0.204 e. The van der Waals surface area contributed by atoms with Crippen LogP contribution in [0.2, 0.25) is 0 Å². The van der Waals surface area contributed by atoms with Crippen LogP contribution in [0, 0.1) is 13.8 Å². The van der Waals surface area contributed by atoms with Crippen LogP contribution in [0.25, 0.3) is 11.4 Å². The fourth-order valence-electron chi connectivity index (χ4n) is 2.83. The molecule has 0 unspecified atom stereocenters. The van der Waals surface area contributed by atoms with Crippen molar-refractivity contribution in [1.29, 1.82) is 0 Å². The SMILES string of the molecule is Cc1ccc(COc2ccc(-c3nnn(Cc4ccc(C)cc4)n3)cc2)cc1. The molecule has 0 amide bonds. The number of nitrogens with zero attached hydrogens (tertiary/aromatic N) is 4. The summed E-state index contributed by atoms with van der Waals surface area (Å²) in [5.41, 5.74) is 5.69. The second kappa shape index (κ2) is 8.05. The van der Waals surface area contributed by atoms with Crippen molar-refractivity contribution in [3.63, 3.8) is 0 Å². The molecule has 140 valence electrons. The Balaban J connectivity index is 1.39. The number of benzene rings is 3. The largest absolute Gasteiger partial charge is 0.489 e. The van der Waals surface area contributed by atoms with Crippen LogP contribution in [-0.2, 0) is 13.2 Å². The smallest absolute Gasteiger partial charge is 0.204 e. The highest BCUT2D eigenvalue weighted by atomic mass is 16.5. The first kappa shape index (κ1) is 17.9. The molecule has 0 spiro atoms. The minimum absolute atomic E-state index is 0.546. The van der Waals surface area contributed by atoms with Gasteiger partial charge >= 0.3 is 0 Å². The van der Waals surface area contributed by atoms with Crippen molar-refractivity contribution in [3.05, 3.63) is 95.1 Å². The third kappa shape index (κ3) is 4.43. The number of hydrogen-bond donors (Lipinski definition) is 0. The third-order valence-corrected chi connectivity index (χ3v) is 4.54. The van der Waals surface area contributed by atoms with Crippen LogP contribution in [0.3, 0.4) is 0 Å². The monoisotopic (exact) mass is 370 g/mol. The van der Waals surface area contributed by atoms with Crippen molar-refractivity contribution in [1.82, 2.24) is 20.2 Å². The molecule has 5 heteroatoms. The van der Waals surface area contributed by atoms with E-state index < -0.39 is 0 Å². The highest BCUT2D eigenvalue weighted by Crippen LogP contribution is 2.20. The molecule has 0 N–H and O–H groups in total. The van der Waals surface area contributed by atoms with Crippen LogP contribution in [-0.4, -0.2) is 20.2 Å². The molecule has 4 rings (SSSR count). The topological polar surface area (TPSA) is 52.8 Å². The molecule has 1 aromatic heterocycles. The van der Waals surface area contributed by atoms with Gasteiger partial charge < -0.3 is 4.74 Å². The molecule has 28 heavy (non-hydrogen) atoms. The average molecular weight is 370 g/mol. The Morgan fingerprint density at radius 1 is 0.750 bits per heavy atom.